The third-order valence-electron chi connectivity index (χ3n) is 4.38. The van der Waals surface area contributed by atoms with Crippen molar-refractivity contribution < 1.29 is 9.53 Å². The first-order chi connectivity index (χ1) is 12.7. The fourth-order valence-corrected chi connectivity index (χ4v) is 3.08. The lowest BCUT2D eigenvalue weighted by Gasteiger charge is -2.18. The van der Waals surface area contributed by atoms with E-state index in [1.54, 1.807) is 0 Å². The van der Waals surface area contributed by atoms with Crippen LogP contribution in [0.5, 0.6) is 11.5 Å². The number of para-hydroxylation sites is 1. The minimum absolute atomic E-state index is 0.237. The first kappa shape index (κ1) is 17.7. The maximum Gasteiger partial charge on any atom is 0.217 e. The molecule has 1 amide bonds. The Morgan fingerprint density at radius 1 is 0.769 bits per heavy atom. The van der Waals surface area contributed by atoms with Gasteiger partial charge in [-0.1, -0.05) is 60.7 Å². The summed E-state index contributed by atoms with van der Waals surface area (Å²) in [5, 5.41) is 0. The smallest absolute Gasteiger partial charge is 0.217 e. The summed E-state index contributed by atoms with van der Waals surface area (Å²) >= 11 is 0. The van der Waals surface area contributed by atoms with E-state index in [1.165, 1.54) is 11.1 Å². The summed E-state index contributed by atoms with van der Waals surface area (Å²) in [4.78, 5) is 11.1. The van der Waals surface area contributed by atoms with Crippen molar-refractivity contribution in [3.8, 4) is 11.5 Å². The average molecular weight is 345 g/mol. The minimum atomic E-state index is -0.247. The van der Waals surface area contributed by atoms with E-state index in [9.17, 15) is 4.79 Å². The standard InChI is InChI=1S/C23H23NO2/c24-23(25)13-7-12-22(18-8-3-1-4-9-18)19-14-16-21(17-15-19)26-20-10-5-2-6-11-20/h1-6,8-11,14-17,22H,7,12-13H2,(H2,24,25). The molecule has 0 heterocycles. The molecular formula is C23H23NO2. The van der Waals surface area contributed by atoms with Crippen LogP contribution >= 0.6 is 0 Å². The summed E-state index contributed by atoms with van der Waals surface area (Å²) in [7, 11) is 0. The van der Waals surface area contributed by atoms with Crippen molar-refractivity contribution >= 4 is 5.91 Å². The van der Waals surface area contributed by atoms with E-state index in [-0.39, 0.29) is 11.8 Å². The maximum absolute atomic E-state index is 11.1. The van der Waals surface area contributed by atoms with Crippen LogP contribution < -0.4 is 10.5 Å². The molecule has 0 aliphatic rings. The highest BCUT2D eigenvalue weighted by atomic mass is 16.5. The average Bonchev–Trinajstić information content (AvgIpc) is 2.67. The van der Waals surface area contributed by atoms with E-state index < -0.39 is 0 Å². The topological polar surface area (TPSA) is 52.3 Å². The van der Waals surface area contributed by atoms with Gasteiger partial charge in [0.05, 0.1) is 0 Å². The zero-order valence-electron chi connectivity index (χ0n) is 14.7. The van der Waals surface area contributed by atoms with E-state index >= 15 is 0 Å². The zero-order valence-corrected chi connectivity index (χ0v) is 14.7. The lowest BCUT2D eigenvalue weighted by atomic mass is 9.87. The molecule has 0 bridgehead atoms. The Bertz CT molecular complexity index is 814. The Hall–Kier alpha value is -3.07. The molecule has 3 nitrogen and oxygen atoms in total. The lowest BCUT2D eigenvalue weighted by Crippen LogP contribution is -2.11. The van der Waals surface area contributed by atoms with E-state index in [4.69, 9.17) is 10.5 Å². The van der Waals surface area contributed by atoms with Gasteiger partial charge in [0.15, 0.2) is 0 Å². The molecule has 0 aliphatic heterocycles. The van der Waals surface area contributed by atoms with Crippen LogP contribution in [0.2, 0.25) is 0 Å². The van der Waals surface area contributed by atoms with Crippen LogP contribution in [0.4, 0.5) is 0 Å². The Kier molecular flexibility index (Phi) is 6.05. The first-order valence-corrected chi connectivity index (χ1v) is 8.88. The predicted octanol–water partition coefficient (Wildman–Crippen LogP) is 5.27. The van der Waals surface area contributed by atoms with Crippen LogP contribution in [-0.4, -0.2) is 5.91 Å². The number of hydrogen-bond donors (Lipinski definition) is 1. The monoisotopic (exact) mass is 345 g/mol. The molecule has 26 heavy (non-hydrogen) atoms. The molecule has 3 rings (SSSR count). The lowest BCUT2D eigenvalue weighted by molar-refractivity contribution is -0.118. The second-order valence-corrected chi connectivity index (χ2v) is 6.31. The van der Waals surface area contributed by atoms with Gasteiger partial charge in [-0.3, -0.25) is 4.79 Å². The molecule has 0 saturated heterocycles. The Balaban J connectivity index is 1.76. The summed E-state index contributed by atoms with van der Waals surface area (Å²) < 4.78 is 5.87. The molecule has 3 heteroatoms. The van der Waals surface area contributed by atoms with Gasteiger partial charge >= 0.3 is 0 Å². The van der Waals surface area contributed by atoms with Gasteiger partial charge in [-0.25, -0.2) is 0 Å². The van der Waals surface area contributed by atoms with Crippen molar-refractivity contribution in [1.29, 1.82) is 0 Å². The Labute approximate surface area is 154 Å². The molecule has 0 aromatic heterocycles. The van der Waals surface area contributed by atoms with Crippen molar-refractivity contribution in [3.05, 3.63) is 96.1 Å². The van der Waals surface area contributed by atoms with E-state index in [2.05, 4.69) is 24.3 Å². The van der Waals surface area contributed by atoms with Gasteiger partial charge in [0.25, 0.3) is 0 Å². The number of benzene rings is 3. The molecule has 0 spiro atoms. The first-order valence-electron chi connectivity index (χ1n) is 8.88. The summed E-state index contributed by atoms with van der Waals surface area (Å²) in [6, 6.07) is 28.3. The highest BCUT2D eigenvalue weighted by Gasteiger charge is 2.14. The normalized spacial score (nSPS) is 11.7. The minimum Gasteiger partial charge on any atom is -0.457 e. The molecule has 132 valence electrons. The second kappa shape index (κ2) is 8.86. The van der Waals surface area contributed by atoms with E-state index in [0.29, 0.717) is 6.42 Å². The van der Waals surface area contributed by atoms with Crippen LogP contribution in [0, 0.1) is 0 Å². The molecule has 0 aliphatic carbocycles. The molecule has 3 aromatic rings. The molecule has 0 fully saturated rings. The van der Waals surface area contributed by atoms with Crippen LogP contribution in [0.1, 0.15) is 36.3 Å². The Morgan fingerprint density at radius 2 is 1.31 bits per heavy atom. The SMILES string of the molecule is NC(=O)CCCC(c1ccccc1)c1ccc(Oc2ccccc2)cc1. The second-order valence-electron chi connectivity index (χ2n) is 6.31. The number of rotatable bonds is 8. The number of hydrogen-bond acceptors (Lipinski definition) is 2. The fourth-order valence-electron chi connectivity index (χ4n) is 3.08. The number of primary amides is 1. The van der Waals surface area contributed by atoms with Gasteiger partial charge in [-0.15, -0.1) is 0 Å². The van der Waals surface area contributed by atoms with Crippen molar-refractivity contribution in [2.45, 2.75) is 25.2 Å². The molecule has 2 N–H and O–H groups in total. The van der Waals surface area contributed by atoms with Gasteiger partial charge in [0.1, 0.15) is 11.5 Å². The highest BCUT2D eigenvalue weighted by molar-refractivity contribution is 5.73. The van der Waals surface area contributed by atoms with Gasteiger partial charge in [-0.05, 0) is 48.2 Å². The van der Waals surface area contributed by atoms with Crippen LogP contribution in [0.3, 0.4) is 0 Å². The number of amides is 1. The van der Waals surface area contributed by atoms with Crippen LogP contribution in [0.25, 0.3) is 0 Å². The number of ether oxygens (including phenoxy) is 1. The molecule has 1 atom stereocenters. The van der Waals surface area contributed by atoms with E-state index in [0.717, 1.165) is 24.3 Å². The van der Waals surface area contributed by atoms with E-state index in [1.807, 2.05) is 60.7 Å². The molecular weight excluding hydrogens is 322 g/mol. The summed E-state index contributed by atoms with van der Waals surface area (Å²) in [6.45, 7) is 0. The van der Waals surface area contributed by atoms with Crippen molar-refractivity contribution in [3.63, 3.8) is 0 Å². The Morgan fingerprint density at radius 3 is 1.92 bits per heavy atom. The number of carbonyl (C=O) groups is 1. The van der Waals surface area contributed by atoms with Gasteiger partial charge in [0, 0.05) is 12.3 Å². The predicted molar refractivity (Wildman–Crippen MR) is 104 cm³/mol. The number of carbonyl (C=O) groups excluding carboxylic acids is 1. The fraction of sp³-hybridized carbons (Fsp3) is 0.174. The maximum atomic E-state index is 11.1. The molecule has 3 aromatic carbocycles. The zero-order chi connectivity index (χ0) is 18.2. The van der Waals surface area contributed by atoms with Crippen LogP contribution in [0.15, 0.2) is 84.9 Å². The third-order valence-corrected chi connectivity index (χ3v) is 4.38. The van der Waals surface area contributed by atoms with Crippen LogP contribution in [-0.2, 0) is 4.79 Å². The van der Waals surface area contributed by atoms with Gasteiger partial charge < -0.3 is 10.5 Å². The highest BCUT2D eigenvalue weighted by Crippen LogP contribution is 2.31. The van der Waals surface area contributed by atoms with Crippen molar-refractivity contribution in [2.24, 2.45) is 5.73 Å². The third kappa shape index (κ3) is 4.96. The quantitative estimate of drug-likeness (QED) is 0.605. The van der Waals surface area contributed by atoms with Gasteiger partial charge in [0.2, 0.25) is 5.91 Å². The molecule has 0 radical (unpaired) electrons. The summed E-state index contributed by atoms with van der Waals surface area (Å²) in [6.07, 6.45) is 2.07. The summed E-state index contributed by atoms with van der Waals surface area (Å²) in [5.74, 6) is 1.62. The van der Waals surface area contributed by atoms with Crippen molar-refractivity contribution in [1.82, 2.24) is 0 Å². The number of nitrogens with two attached hydrogens (primary N) is 1. The largest absolute Gasteiger partial charge is 0.457 e. The van der Waals surface area contributed by atoms with Gasteiger partial charge in [-0.2, -0.15) is 0 Å². The van der Waals surface area contributed by atoms with Crippen molar-refractivity contribution in [2.75, 3.05) is 0 Å². The molecule has 0 saturated carbocycles. The molecule has 1 unspecified atom stereocenters. The summed E-state index contributed by atoms with van der Waals surface area (Å²) in [5.41, 5.74) is 7.75.